The van der Waals surface area contributed by atoms with E-state index in [2.05, 4.69) is 17.9 Å². The van der Waals surface area contributed by atoms with Crippen LogP contribution in [0.5, 0.6) is 11.5 Å². The molecule has 0 aromatic heterocycles. The number of aliphatic hydroxyl groups excluding tert-OH is 4. The number of likely N-dealkylation sites (tertiary alicyclic amines) is 1. The molecule has 2 fully saturated rings. The molecule has 8 heteroatoms. The zero-order valence-electron chi connectivity index (χ0n) is 21.4. The fraction of sp³-hybridized carbons (Fsp3) is 0.586. The number of piperidine rings is 1. The first-order chi connectivity index (χ1) is 18.0. The SMILES string of the molecule is CCCN1CCC[C@@H]2Cc3c(ccc(OCc4ccccc4)c3O[C@@H]3O[C@H](CO)[C@@H](O)[C@H](O)[C@H]3O)C[C@H]21. The second-order valence-electron chi connectivity index (χ2n) is 10.5. The minimum absolute atomic E-state index is 0.348. The molecule has 8 nitrogen and oxygen atoms in total. The first-order valence-electron chi connectivity index (χ1n) is 13.5. The summed E-state index contributed by atoms with van der Waals surface area (Å²) in [4.78, 5) is 2.62. The Bertz CT molecular complexity index is 1030. The average molecular weight is 514 g/mol. The van der Waals surface area contributed by atoms with Gasteiger partial charge < -0.3 is 34.6 Å². The van der Waals surface area contributed by atoms with Gasteiger partial charge in [-0.25, -0.2) is 0 Å². The highest BCUT2D eigenvalue weighted by Crippen LogP contribution is 2.44. The molecular weight excluding hydrogens is 474 g/mol. The normalized spacial score (nSPS) is 31.9. The Balaban J connectivity index is 1.47. The van der Waals surface area contributed by atoms with Crippen molar-refractivity contribution in [3.05, 3.63) is 59.2 Å². The third-order valence-corrected chi connectivity index (χ3v) is 8.08. The molecular formula is C29H39NO7. The molecule has 2 heterocycles. The van der Waals surface area contributed by atoms with Crippen molar-refractivity contribution in [2.24, 2.45) is 5.92 Å². The molecule has 5 rings (SSSR count). The van der Waals surface area contributed by atoms with Crippen LogP contribution in [-0.2, 0) is 24.2 Å². The van der Waals surface area contributed by atoms with Crippen molar-refractivity contribution in [1.29, 1.82) is 0 Å². The molecule has 0 spiro atoms. The van der Waals surface area contributed by atoms with Gasteiger partial charge in [0, 0.05) is 11.6 Å². The third kappa shape index (κ3) is 5.50. The predicted molar refractivity (Wildman–Crippen MR) is 137 cm³/mol. The average Bonchev–Trinajstić information content (AvgIpc) is 2.92. The summed E-state index contributed by atoms with van der Waals surface area (Å²) in [7, 11) is 0. The summed E-state index contributed by atoms with van der Waals surface area (Å²) < 4.78 is 18.2. The minimum Gasteiger partial charge on any atom is -0.485 e. The molecule has 37 heavy (non-hydrogen) atoms. The highest BCUT2D eigenvalue weighted by atomic mass is 16.7. The van der Waals surface area contributed by atoms with Crippen LogP contribution in [0.15, 0.2) is 42.5 Å². The topological polar surface area (TPSA) is 112 Å². The van der Waals surface area contributed by atoms with E-state index in [0.717, 1.165) is 49.9 Å². The molecule has 0 bridgehead atoms. The van der Waals surface area contributed by atoms with E-state index in [1.807, 2.05) is 36.4 Å². The molecule has 1 aliphatic carbocycles. The van der Waals surface area contributed by atoms with Crippen LogP contribution in [-0.4, -0.2) is 81.8 Å². The van der Waals surface area contributed by atoms with Gasteiger partial charge in [-0.2, -0.15) is 0 Å². The van der Waals surface area contributed by atoms with E-state index in [0.29, 0.717) is 30.1 Å². The number of rotatable bonds is 8. The number of hydrogen-bond acceptors (Lipinski definition) is 8. The predicted octanol–water partition coefficient (Wildman–Crippen LogP) is 2.03. The molecule has 4 N–H and O–H groups in total. The zero-order valence-corrected chi connectivity index (χ0v) is 21.4. The Labute approximate surface area is 218 Å². The van der Waals surface area contributed by atoms with Crippen LogP contribution in [0.3, 0.4) is 0 Å². The van der Waals surface area contributed by atoms with Crippen molar-refractivity contribution >= 4 is 0 Å². The lowest BCUT2D eigenvalue weighted by Crippen LogP contribution is -2.60. The number of fused-ring (bicyclic) bond motifs is 2. The number of aliphatic hydroxyl groups is 4. The van der Waals surface area contributed by atoms with Crippen LogP contribution in [0.1, 0.15) is 42.9 Å². The van der Waals surface area contributed by atoms with Gasteiger partial charge >= 0.3 is 0 Å². The maximum atomic E-state index is 10.7. The van der Waals surface area contributed by atoms with E-state index in [1.165, 1.54) is 12.0 Å². The van der Waals surface area contributed by atoms with Crippen LogP contribution in [0.25, 0.3) is 0 Å². The Kier molecular flexibility index (Phi) is 8.34. The van der Waals surface area contributed by atoms with Crippen molar-refractivity contribution in [3.63, 3.8) is 0 Å². The van der Waals surface area contributed by atoms with Gasteiger partial charge in [0.25, 0.3) is 0 Å². The first-order valence-corrected chi connectivity index (χ1v) is 13.5. The maximum Gasteiger partial charge on any atom is 0.229 e. The van der Waals surface area contributed by atoms with Crippen LogP contribution < -0.4 is 9.47 Å². The van der Waals surface area contributed by atoms with Crippen molar-refractivity contribution < 1.29 is 34.6 Å². The number of ether oxygens (including phenoxy) is 3. The molecule has 7 atom stereocenters. The molecule has 0 unspecified atom stereocenters. The fourth-order valence-electron chi connectivity index (χ4n) is 6.12. The van der Waals surface area contributed by atoms with E-state index < -0.39 is 37.3 Å². The number of benzene rings is 2. The Morgan fingerprint density at radius 3 is 2.57 bits per heavy atom. The van der Waals surface area contributed by atoms with Gasteiger partial charge in [-0.15, -0.1) is 0 Å². The van der Waals surface area contributed by atoms with E-state index in [4.69, 9.17) is 14.2 Å². The maximum absolute atomic E-state index is 10.7. The highest BCUT2D eigenvalue weighted by molar-refractivity contribution is 5.53. The molecule has 3 aliphatic rings. The van der Waals surface area contributed by atoms with Crippen molar-refractivity contribution in [1.82, 2.24) is 4.90 Å². The quantitative estimate of drug-likeness (QED) is 0.424. The molecule has 2 saturated heterocycles. The largest absolute Gasteiger partial charge is 0.485 e. The van der Waals surface area contributed by atoms with Crippen molar-refractivity contribution in [2.45, 2.75) is 82.4 Å². The van der Waals surface area contributed by atoms with E-state index in [9.17, 15) is 20.4 Å². The zero-order chi connectivity index (χ0) is 25.9. The summed E-state index contributed by atoms with van der Waals surface area (Å²) in [5.41, 5.74) is 3.25. The lowest BCUT2D eigenvalue weighted by atomic mass is 9.75. The van der Waals surface area contributed by atoms with Crippen molar-refractivity contribution in [2.75, 3.05) is 19.7 Å². The van der Waals surface area contributed by atoms with Gasteiger partial charge in [-0.05, 0) is 68.3 Å². The summed E-state index contributed by atoms with van der Waals surface area (Å²) in [5.74, 6) is 1.54. The lowest BCUT2D eigenvalue weighted by Gasteiger charge is -2.45. The summed E-state index contributed by atoms with van der Waals surface area (Å²) in [6, 6.07) is 14.4. The van der Waals surface area contributed by atoms with Crippen LogP contribution in [0, 0.1) is 5.92 Å². The second-order valence-corrected chi connectivity index (χ2v) is 10.5. The number of hydrogen-bond donors (Lipinski definition) is 4. The van der Waals surface area contributed by atoms with Gasteiger partial charge in [0.1, 0.15) is 31.0 Å². The van der Waals surface area contributed by atoms with Gasteiger partial charge in [-0.1, -0.05) is 43.3 Å². The smallest absolute Gasteiger partial charge is 0.229 e. The second kappa shape index (κ2) is 11.7. The first kappa shape index (κ1) is 26.4. The lowest BCUT2D eigenvalue weighted by molar-refractivity contribution is -0.277. The molecule has 2 aliphatic heterocycles. The van der Waals surface area contributed by atoms with E-state index in [1.54, 1.807) is 0 Å². The molecule has 202 valence electrons. The van der Waals surface area contributed by atoms with Crippen molar-refractivity contribution in [3.8, 4) is 11.5 Å². The van der Waals surface area contributed by atoms with E-state index in [-0.39, 0.29) is 0 Å². The molecule has 0 radical (unpaired) electrons. The molecule has 0 saturated carbocycles. The summed E-state index contributed by atoms with van der Waals surface area (Å²) in [6.45, 7) is 4.30. The van der Waals surface area contributed by atoms with Gasteiger partial charge in [0.05, 0.1) is 6.61 Å². The molecule has 0 amide bonds. The monoisotopic (exact) mass is 513 g/mol. The van der Waals surface area contributed by atoms with Crippen LogP contribution in [0.4, 0.5) is 0 Å². The third-order valence-electron chi connectivity index (χ3n) is 8.08. The fourth-order valence-corrected chi connectivity index (χ4v) is 6.12. The van der Waals surface area contributed by atoms with Crippen LogP contribution in [0.2, 0.25) is 0 Å². The molecule has 2 aromatic rings. The minimum atomic E-state index is -1.51. The summed E-state index contributed by atoms with van der Waals surface area (Å²) >= 11 is 0. The summed E-state index contributed by atoms with van der Waals surface area (Å²) in [6.07, 6.45) is -1.53. The number of nitrogens with zero attached hydrogens (tertiary/aromatic N) is 1. The standard InChI is InChI=1S/C29H39NO7/c1-2-12-30-13-6-9-20-14-21-19(15-22(20)30)10-11-23(35-17-18-7-4-3-5-8-18)28(21)37-29-27(34)26(33)25(32)24(16-31)36-29/h3-5,7-8,10-11,20,22,24-27,29,31-34H,2,6,9,12-17H2,1H3/t20-,22-,24-,25-,26+,27-,29+/m1/s1. The Morgan fingerprint density at radius 1 is 1.00 bits per heavy atom. The van der Waals surface area contributed by atoms with Crippen LogP contribution >= 0.6 is 0 Å². The Morgan fingerprint density at radius 2 is 1.81 bits per heavy atom. The van der Waals surface area contributed by atoms with E-state index >= 15 is 0 Å². The highest BCUT2D eigenvalue weighted by Gasteiger charge is 2.46. The van der Waals surface area contributed by atoms with Gasteiger partial charge in [0.2, 0.25) is 6.29 Å². The Hall–Kier alpha value is -2.20. The van der Waals surface area contributed by atoms with Gasteiger partial charge in [-0.3, -0.25) is 4.90 Å². The molecule has 2 aromatic carbocycles. The van der Waals surface area contributed by atoms with Gasteiger partial charge in [0.15, 0.2) is 11.5 Å². The summed E-state index contributed by atoms with van der Waals surface area (Å²) in [5, 5.41) is 40.9.